The summed E-state index contributed by atoms with van der Waals surface area (Å²) in [5.41, 5.74) is 0.237. The number of ether oxygens (including phenoxy) is 1. The van der Waals surface area contributed by atoms with Crippen LogP contribution in [0.25, 0.3) is 0 Å². The summed E-state index contributed by atoms with van der Waals surface area (Å²) in [7, 11) is -3.83. The predicted molar refractivity (Wildman–Crippen MR) is 95.5 cm³/mol. The summed E-state index contributed by atoms with van der Waals surface area (Å²) in [6.45, 7) is 5.67. The first kappa shape index (κ1) is 18.5. The molecule has 1 atom stereocenters. The smallest absolute Gasteiger partial charge is 0.287 e. The fourth-order valence-corrected chi connectivity index (χ4v) is 4.11. The topological polar surface area (TPSA) is 97.6 Å². The Morgan fingerprint density at radius 1 is 1.15 bits per heavy atom. The molecule has 1 amide bonds. The molecule has 1 aromatic carbocycles. The van der Waals surface area contributed by atoms with Crippen LogP contribution in [0.2, 0.25) is 0 Å². The maximum Gasteiger partial charge on any atom is 0.287 e. The second-order valence-electron chi connectivity index (χ2n) is 7.18. The van der Waals surface area contributed by atoms with E-state index in [1.165, 1.54) is 12.1 Å². The third-order valence-corrected chi connectivity index (χ3v) is 5.40. The molecule has 3 rings (SSSR count). The molecule has 1 aromatic heterocycles. The Kier molecular flexibility index (Phi) is 4.81. The predicted octanol–water partition coefficient (Wildman–Crippen LogP) is 2.61. The lowest BCUT2D eigenvalue weighted by atomic mass is 10.0. The van der Waals surface area contributed by atoms with E-state index in [4.69, 9.17) is 9.15 Å². The van der Waals surface area contributed by atoms with Gasteiger partial charge in [-0.05, 0) is 39.0 Å². The van der Waals surface area contributed by atoms with Crippen molar-refractivity contribution in [3.63, 3.8) is 0 Å². The number of furan rings is 1. The SMILES string of the molecule is CC(C)(C)NS(=O)(=O)c1ccc(C(=O)NC2CCOc3ccccc32)o1. The molecule has 1 aliphatic heterocycles. The standard InChI is InChI=1S/C18H22N2O5S/c1-18(2,3)20-26(22,23)16-9-8-15(25-16)17(21)19-13-10-11-24-14-7-5-4-6-12(13)14/h4-9,13,20H,10-11H2,1-3H3,(H,19,21). The van der Waals surface area contributed by atoms with Crippen molar-refractivity contribution in [1.82, 2.24) is 10.0 Å². The van der Waals surface area contributed by atoms with Crippen LogP contribution in [0.4, 0.5) is 0 Å². The zero-order chi connectivity index (χ0) is 18.9. The van der Waals surface area contributed by atoms with E-state index in [2.05, 4.69) is 10.0 Å². The summed E-state index contributed by atoms with van der Waals surface area (Å²) in [6, 6.07) is 9.91. The summed E-state index contributed by atoms with van der Waals surface area (Å²) in [4.78, 5) is 12.5. The molecule has 140 valence electrons. The van der Waals surface area contributed by atoms with Crippen molar-refractivity contribution in [2.45, 2.75) is 43.9 Å². The average Bonchev–Trinajstić information content (AvgIpc) is 3.04. The van der Waals surface area contributed by atoms with Gasteiger partial charge in [-0.15, -0.1) is 0 Å². The number of sulfonamides is 1. The van der Waals surface area contributed by atoms with Crippen molar-refractivity contribution in [2.75, 3.05) is 6.61 Å². The second-order valence-corrected chi connectivity index (χ2v) is 8.79. The highest BCUT2D eigenvalue weighted by molar-refractivity contribution is 7.89. The first-order valence-corrected chi connectivity index (χ1v) is 9.80. The summed E-state index contributed by atoms with van der Waals surface area (Å²) >= 11 is 0. The van der Waals surface area contributed by atoms with Crippen LogP contribution in [-0.2, 0) is 10.0 Å². The van der Waals surface area contributed by atoms with Crippen LogP contribution in [0, 0.1) is 0 Å². The minimum absolute atomic E-state index is 0.0525. The fraction of sp³-hybridized carbons (Fsp3) is 0.389. The number of hydrogen-bond donors (Lipinski definition) is 2. The van der Waals surface area contributed by atoms with E-state index in [0.29, 0.717) is 13.0 Å². The zero-order valence-electron chi connectivity index (χ0n) is 14.9. The van der Waals surface area contributed by atoms with E-state index in [1.807, 2.05) is 24.3 Å². The van der Waals surface area contributed by atoms with Gasteiger partial charge >= 0.3 is 0 Å². The summed E-state index contributed by atoms with van der Waals surface area (Å²) in [6.07, 6.45) is 0.625. The lowest BCUT2D eigenvalue weighted by Crippen LogP contribution is -2.40. The molecule has 1 unspecified atom stereocenters. The number of para-hydroxylation sites is 1. The number of fused-ring (bicyclic) bond motifs is 1. The maximum absolute atomic E-state index is 12.5. The minimum atomic E-state index is -3.83. The Balaban J connectivity index is 1.76. The van der Waals surface area contributed by atoms with Crippen molar-refractivity contribution in [2.24, 2.45) is 0 Å². The van der Waals surface area contributed by atoms with E-state index in [-0.39, 0.29) is 16.9 Å². The molecule has 7 nitrogen and oxygen atoms in total. The molecule has 2 N–H and O–H groups in total. The normalized spacial score (nSPS) is 17.3. The number of hydrogen-bond acceptors (Lipinski definition) is 5. The van der Waals surface area contributed by atoms with Crippen molar-refractivity contribution in [1.29, 1.82) is 0 Å². The molecule has 2 aromatic rings. The Bertz CT molecular complexity index is 912. The lowest BCUT2D eigenvalue weighted by molar-refractivity contribution is 0.0891. The van der Waals surface area contributed by atoms with Crippen LogP contribution in [0.3, 0.4) is 0 Å². The van der Waals surface area contributed by atoms with Crippen molar-refractivity contribution in [3.05, 3.63) is 47.7 Å². The van der Waals surface area contributed by atoms with E-state index >= 15 is 0 Å². The number of nitrogens with one attached hydrogen (secondary N) is 2. The summed E-state index contributed by atoms with van der Waals surface area (Å²) < 4.78 is 37.9. The quantitative estimate of drug-likeness (QED) is 0.852. The highest BCUT2D eigenvalue weighted by atomic mass is 32.2. The van der Waals surface area contributed by atoms with E-state index in [9.17, 15) is 13.2 Å². The van der Waals surface area contributed by atoms with Crippen molar-refractivity contribution < 1.29 is 22.4 Å². The highest BCUT2D eigenvalue weighted by Gasteiger charge is 2.28. The van der Waals surface area contributed by atoms with E-state index in [1.54, 1.807) is 20.8 Å². The first-order chi connectivity index (χ1) is 12.2. The monoisotopic (exact) mass is 378 g/mol. The van der Waals surface area contributed by atoms with Gasteiger partial charge in [-0.1, -0.05) is 18.2 Å². The summed E-state index contributed by atoms with van der Waals surface area (Å²) in [5, 5.41) is 2.59. The molecular weight excluding hydrogens is 356 g/mol. The first-order valence-electron chi connectivity index (χ1n) is 8.32. The molecule has 0 saturated heterocycles. The van der Waals surface area contributed by atoms with Crippen LogP contribution in [0.5, 0.6) is 5.75 Å². The third kappa shape index (κ3) is 4.08. The third-order valence-electron chi connectivity index (χ3n) is 3.77. The molecule has 8 heteroatoms. The molecule has 0 aliphatic carbocycles. The Morgan fingerprint density at radius 2 is 1.88 bits per heavy atom. The number of carbonyl (C=O) groups excluding carboxylic acids is 1. The van der Waals surface area contributed by atoms with Gasteiger partial charge in [0, 0.05) is 17.5 Å². The number of amides is 1. The summed E-state index contributed by atoms with van der Waals surface area (Å²) in [5.74, 6) is 0.216. The molecule has 0 spiro atoms. The zero-order valence-corrected chi connectivity index (χ0v) is 15.7. The van der Waals surface area contributed by atoms with E-state index in [0.717, 1.165) is 11.3 Å². The molecule has 0 fully saturated rings. The van der Waals surface area contributed by atoms with Crippen LogP contribution >= 0.6 is 0 Å². The molecule has 2 heterocycles. The fourth-order valence-electron chi connectivity index (χ4n) is 2.76. The van der Waals surface area contributed by atoms with Gasteiger partial charge in [0.25, 0.3) is 15.9 Å². The van der Waals surface area contributed by atoms with Crippen LogP contribution in [-0.4, -0.2) is 26.5 Å². The van der Waals surface area contributed by atoms with Crippen molar-refractivity contribution >= 4 is 15.9 Å². The van der Waals surface area contributed by atoms with Gasteiger partial charge in [0.05, 0.1) is 12.6 Å². The minimum Gasteiger partial charge on any atom is -0.493 e. The van der Waals surface area contributed by atoms with Gasteiger partial charge in [0.2, 0.25) is 5.09 Å². The van der Waals surface area contributed by atoms with Gasteiger partial charge < -0.3 is 14.5 Å². The number of carbonyl (C=O) groups is 1. The van der Waals surface area contributed by atoms with Gasteiger partial charge in [-0.25, -0.2) is 13.1 Å². The molecule has 26 heavy (non-hydrogen) atoms. The maximum atomic E-state index is 12.5. The molecule has 1 aliphatic rings. The molecule has 0 radical (unpaired) electrons. The Morgan fingerprint density at radius 3 is 2.62 bits per heavy atom. The van der Waals surface area contributed by atoms with Crippen LogP contribution in [0.15, 0.2) is 45.9 Å². The Hall–Kier alpha value is -2.32. The van der Waals surface area contributed by atoms with Crippen LogP contribution < -0.4 is 14.8 Å². The Labute approximate surface area is 152 Å². The highest BCUT2D eigenvalue weighted by Crippen LogP contribution is 2.31. The van der Waals surface area contributed by atoms with E-state index < -0.39 is 21.5 Å². The van der Waals surface area contributed by atoms with Gasteiger partial charge in [0.15, 0.2) is 5.76 Å². The van der Waals surface area contributed by atoms with Crippen molar-refractivity contribution in [3.8, 4) is 5.75 Å². The average molecular weight is 378 g/mol. The number of benzene rings is 1. The molecular formula is C18H22N2O5S. The van der Waals surface area contributed by atoms with Gasteiger partial charge in [0.1, 0.15) is 5.75 Å². The van der Waals surface area contributed by atoms with Gasteiger partial charge in [-0.2, -0.15) is 0 Å². The largest absolute Gasteiger partial charge is 0.493 e. The molecule has 0 saturated carbocycles. The molecule has 0 bridgehead atoms. The van der Waals surface area contributed by atoms with Gasteiger partial charge in [-0.3, -0.25) is 4.79 Å². The number of rotatable bonds is 4. The second kappa shape index (κ2) is 6.77. The van der Waals surface area contributed by atoms with Crippen LogP contribution in [0.1, 0.15) is 49.4 Å². The lowest BCUT2D eigenvalue weighted by Gasteiger charge is -2.26.